The Labute approximate surface area is 218 Å². The summed E-state index contributed by atoms with van der Waals surface area (Å²) in [5.74, 6) is -3.04. The molecule has 1 aromatic rings. The molecule has 190 valence electrons. The lowest BCUT2D eigenvalue weighted by atomic mass is 9.70. The van der Waals surface area contributed by atoms with Crippen LogP contribution in [-0.2, 0) is 23.9 Å². The lowest BCUT2D eigenvalue weighted by molar-refractivity contribution is -0.155. The van der Waals surface area contributed by atoms with Crippen molar-refractivity contribution in [3.63, 3.8) is 0 Å². The van der Waals surface area contributed by atoms with Gasteiger partial charge in [-0.1, -0.05) is 45.7 Å². The van der Waals surface area contributed by atoms with Crippen LogP contribution in [0.5, 0.6) is 0 Å². The normalized spacial score (nSPS) is 31.9. The number of rotatable bonds is 8. The van der Waals surface area contributed by atoms with Crippen LogP contribution in [0, 0.1) is 18.8 Å². The van der Waals surface area contributed by atoms with Gasteiger partial charge >= 0.3 is 5.97 Å². The SMILES string of the molecule is C=CCN(C(=O)[C@@H]1N([C@H](C)CO)C(=O)[C@H]2[C@H](C(=O)OCC)[C@H]3O[C@@]12CC3Br)c1c(C)cccc1Cl. The van der Waals surface area contributed by atoms with E-state index in [0.29, 0.717) is 17.1 Å². The van der Waals surface area contributed by atoms with E-state index in [-0.39, 0.29) is 30.5 Å². The van der Waals surface area contributed by atoms with Crippen LogP contribution in [0.2, 0.25) is 5.02 Å². The van der Waals surface area contributed by atoms with E-state index in [1.807, 2.05) is 13.0 Å². The Hall–Kier alpha value is -1.94. The maximum atomic E-state index is 14.4. The van der Waals surface area contributed by atoms with E-state index < -0.39 is 47.5 Å². The van der Waals surface area contributed by atoms with Gasteiger partial charge in [0.1, 0.15) is 11.6 Å². The van der Waals surface area contributed by atoms with Gasteiger partial charge < -0.3 is 24.4 Å². The van der Waals surface area contributed by atoms with E-state index in [9.17, 15) is 19.5 Å². The molecule has 3 saturated heterocycles. The van der Waals surface area contributed by atoms with Crippen molar-refractivity contribution in [2.75, 3.05) is 24.7 Å². The average Bonchev–Trinajstić information content (AvgIpc) is 3.41. The van der Waals surface area contributed by atoms with Gasteiger partial charge in [-0.2, -0.15) is 0 Å². The molecule has 10 heteroatoms. The Morgan fingerprint density at radius 3 is 2.80 bits per heavy atom. The van der Waals surface area contributed by atoms with Crippen molar-refractivity contribution < 1.29 is 29.0 Å². The number of ether oxygens (including phenoxy) is 2. The number of esters is 1. The largest absolute Gasteiger partial charge is 0.466 e. The van der Waals surface area contributed by atoms with Crippen molar-refractivity contribution >= 4 is 51.0 Å². The van der Waals surface area contributed by atoms with Crippen LogP contribution < -0.4 is 4.90 Å². The number of hydrogen-bond donors (Lipinski definition) is 1. The molecular weight excluding hydrogens is 540 g/mol. The summed E-state index contributed by atoms with van der Waals surface area (Å²) in [6.07, 6.45) is 1.35. The molecule has 3 fully saturated rings. The number of amides is 2. The zero-order valence-electron chi connectivity index (χ0n) is 19.9. The number of aliphatic hydroxyl groups excluding tert-OH is 1. The molecule has 8 nitrogen and oxygen atoms in total. The average molecular weight is 570 g/mol. The summed E-state index contributed by atoms with van der Waals surface area (Å²) in [4.78, 5) is 43.9. The third kappa shape index (κ3) is 3.91. The second-order valence-electron chi connectivity index (χ2n) is 9.34. The summed E-state index contributed by atoms with van der Waals surface area (Å²) in [7, 11) is 0. The number of carbonyl (C=O) groups is 3. The third-order valence-corrected chi connectivity index (χ3v) is 8.44. The number of benzene rings is 1. The molecule has 1 N–H and O–H groups in total. The lowest BCUT2D eigenvalue weighted by Crippen LogP contribution is -2.59. The molecule has 1 spiro atoms. The molecule has 2 amide bonds. The fourth-order valence-corrected chi connectivity index (χ4v) is 7.22. The molecule has 1 unspecified atom stereocenters. The van der Waals surface area contributed by atoms with Gasteiger partial charge in [0, 0.05) is 11.4 Å². The number of fused-ring (bicyclic) bond motifs is 1. The molecule has 7 atom stereocenters. The molecule has 2 bridgehead atoms. The van der Waals surface area contributed by atoms with Crippen LogP contribution in [0.3, 0.4) is 0 Å². The van der Waals surface area contributed by atoms with Crippen LogP contribution >= 0.6 is 27.5 Å². The predicted molar refractivity (Wildman–Crippen MR) is 134 cm³/mol. The smallest absolute Gasteiger partial charge is 0.312 e. The lowest BCUT2D eigenvalue weighted by Gasteiger charge is -2.39. The molecular formula is C25H30BrClN2O6. The zero-order valence-corrected chi connectivity index (χ0v) is 22.3. The summed E-state index contributed by atoms with van der Waals surface area (Å²) in [5.41, 5.74) is 0.0581. The van der Waals surface area contributed by atoms with Crippen molar-refractivity contribution in [3.05, 3.63) is 41.4 Å². The minimum atomic E-state index is -1.25. The zero-order chi connectivity index (χ0) is 25.7. The van der Waals surface area contributed by atoms with Gasteiger partial charge in [0.05, 0.1) is 47.9 Å². The topological polar surface area (TPSA) is 96.4 Å². The second kappa shape index (κ2) is 9.84. The molecule has 0 radical (unpaired) electrons. The fourth-order valence-electron chi connectivity index (χ4n) is 5.95. The minimum absolute atomic E-state index is 0.151. The summed E-state index contributed by atoms with van der Waals surface area (Å²) < 4.78 is 11.7. The Morgan fingerprint density at radius 1 is 1.49 bits per heavy atom. The Bertz CT molecular complexity index is 1030. The van der Waals surface area contributed by atoms with E-state index in [1.54, 1.807) is 32.1 Å². The molecule has 1 aromatic carbocycles. The number of aliphatic hydroxyl groups is 1. The van der Waals surface area contributed by atoms with Crippen LogP contribution in [0.15, 0.2) is 30.9 Å². The van der Waals surface area contributed by atoms with Crippen LogP contribution in [-0.4, -0.2) is 76.2 Å². The van der Waals surface area contributed by atoms with Crippen molar-refractivity contribution in [2.24, 2.45) is 11.8 Å². The molecule has 0 saturated carbocycles. The maximum Gasteiger partial charge on any atom is 0.312 e. The van der Waals surface area contributed by atoms with Gasteiger partial charge in [-0.05, 0) is 38.8 Å². The van der Waals surface area contributed by atoms with E-state index in [2.05, 4.69) is 22.5 Å². The Morgan fingerprint density at radius 2 is 2.20 bits per heavy atom. The summed E-state index contributed by atoms with van der Waals surface area (Å²) in [5, 5.41) is 10.4. The highest BCUT2D eigenvalue weighted by atomic mass is 79.9. The molecule has 0 aliphatic carbocycles. The monoisotopic (exact) mass is 568 g/mol. The fraction of sp³-hybridized carbons (Fsp3) is 0.560. The van der Waals surface area contributed by atoms with Gasteiger partial charge in [0.15, 0.2) is 0 Å². The number of anilines is 1. The van der Waals surface area contributed by atoms with Crippen molar-refractivity contribution in [1.29, 1.82) is 0 Å². The molecule has 3 heterocycles. The maximum absolute atomic E-state index is 14.4. The van der Waals surface area contributed by atoms with Crippen molar-refractivity contribution in [3.8, 4) is 0 Å². The highest BCUT2D eigenvalue weighted by molar-refractivity contribution is 9.09. The first kappa shape index (κ1) is 26.1. The molecule has 35 heavy (non-hydrogen) atoms. The Balaban J connectivity index is 1.86. The van der Waals surface area contributed by atoms with E-state index in [1.165, 1.54) is 9.80 Å². The molecule has 0 aromatic heterocycles. The van der Waals surface area contributed by atoms with Gasteiger partial charge in [-0.3, -0.25) is 14.4 Å². The quantitative estimate of drug-likeness (QED) is 0.294. The van der Waals surface area contributed by atoms with Crippen LogP contribution in [0.25, 0.3) is 0 Å². The molecule has 3 aliphatic heterocycles. The number of alkyl halides is 1. The minimum Gasteiger partial charge on any atom is -0.466 e. The number of halogens is 2. The highest BCUT2D eigenvalue weighted by Crippen LogP contribution is 2.60. The van der Waals surface area contributed by atoms with Crippen molar-refractivity contribution in [1.82, 2.24) is 4.90 Å². The van der Waals surface area contributed by atoms with E-state index in [0.717, 1.165) is 5.56 Å². The molecule has 4 rings (SSSR count). The summed E-state index contributed by atoms with van der Waals surface area (Å²) >= 11 is 10.1. The highest BCUT2D eigenvalue weighted by Gasteiger charge is 2.77. The number of likely N-dealkylation sites (tertiary alicyclic amines) is 1. The second-order valence-corrected chi connectivity index (χ2v) is 10.9. The number of hydrogen-bond acceptors (Lipinski definition) is 6. The summed E-state index contributed by atoms with van der Waals surface area (Å²) in [6.45, 7) is 9.00. The number of carbonyl (C=O) groups excluding carboxylic acids is 3. The van der Waals surface area contributed by atoms with E-state index in [4.69, 9.17) is 21.1 Å². The molecule has 3 aliphatic rings. The first-order chi connectivity index (χ1) is 16.6. The Kier molecular flexibility index (Phi) is 7.35. The number of aryl methyl sites for hydroxylation is 1. The third-order valence-electron chi connectivity index (χ3n) is 7.29. The van der Waals surface area contributed by atoms with Gasteiger partial charge in [0.25, 0.3) is 5.91 Å². The van der Waals surface area contributed by atoms with E-state index >= 15 is 0 Å². The standard InChI is InChI=1S/C25H30BrClN2O6/c1-5-10-28(19-13(3)8-7-9-16(19)27)23(32)21-25-11-15(26)20(35-25)17(24(33)34-6-2)18(25)22(31)29(21)14(4)12-30/h5,7-9,14-15,17-18,20-21,30H,1,6,10-12H2,2-4H3/t14-,15?,17+,18-,20+,21+,25-/m1/s1. The van der Waals surface area contributed by atoms with Crippen molar-refractivity contribution in [2.45, 2.75) is 55.8 Å². The first-order valence-electron chi connectivity index (χ1n) is 11.7. The van der Waals surface area contributed by atoms with Crippen LogP contribution in [0.1, 0.15) is 25.8 Å². The first-order valence-corrected chi connectivity index (χ1v) is 13.0. The number of para-hydroxylation sites is 1. The number of nitrogens with zero attached hydrogens (tertiary/aromatic N) is 2. The van der Waals surface area contributed by atoms with Gasteiger partial charge in [-0.25, -0.2) is 0 Å². The predicted octanol–water partition coefficient (Wildman–Crippen LogP) is 2.86. The van der Waals surface area contributed by atoms with Crippen LogP contribution in [0.4, 0.5) is 5.69 Å². The van der Waals surface area contributed by atoms with Gasteiger partial charge in [0.2, 0.25) is 5.91 Å². The van der Waals surface area contributed by atoms with Gasteiger partial charge in [-0.15, -0.1) is 6.58 Å². The summed E-state index contributed by atoms with van der Waals surface area (Å²) in [6, 6.07) is 3.61.